The van der Waals surface area contributed by atoms with Crippen LogP contribution in [0.3, 0.4) is 0 Å². The van der Waals surface area contributed by atoms with Crippen molar-refractivity contribution in [1.82, 2.24) is 0 Å². The summed E-state index contributed by atoms with van der Waals surface area (Å²) in [5.41, 5.74) is 3.21. The van der Waals surface area contributed by atoms with Gasteiger partial charge in [0.2, 0.25) is 0 Å². The second-order valence-corrected chi connectivity index (χ2v) is 12.0. The number of hydrogen-bond donors (Lipinski definition) is 0. The fraction of sp³-hybridized carbons (Fsp3) is 0.926. The summed E-state index contributed by atoms with van der Waals surface area (Å²) in [5, 5.41) is 0. The Labute approximate surface area is 170 Å². The molecule has 7 atom stereocenters. The lowest BCUT2D eigenvalue weighted by atomic mass is 9.48. The summed E-state index contributed by atoms with van der Waals surface area (Å²) >= 11 is 0. The maximum Gasteiger partial charge on any atom is -0.0143 e. The molecule has 0 heterocycles. The summed E-state index contributed by atoms with van der Waals surface area (Å²) in [6.45, 7) is 12.8. The lowest BCUT2D eigenvalue weighted by molar-refractivity contribution is -0.00801. The van der Waals surface area contributed by atoms with E-state index < -0.39 is 0 Å². The van der Waals surface area contributed by atoms with Gasteiger partial charge in [0, 0.05) is 0 Å². The van der Waals surface area contributed by atoms with E-state index in [9.17, 15) is 0 Å². The highest BCUT2D eigenvalue weighted by Crippen LogP contribution is 2.66. The molecular weight excluding hydrogens is 324 g/mol. The molecular formula is C27H46. The molecule has 0 nitrogen and oxygen atoms in total. The molecule has 0 amide bonds. The molecule has 0 aromatic carbocycles. The van der Waals surface area contributed by atoms with Crippen molar-refractivity contribution in [3.63, 3.8) is 0 Å². The summed E-state index contributed by atoms with van der Waals surface area (Å²) in [7, 11) is 0. The summed E-state index contributed by atoms with van der Waals surface area (Å²) in [6, 6.07) is 0. The van der Waals surface area contributed by atoms with Crippen molar-refractivity contribution in [3.05, 3.63) is 11.6 Å². The lowest BCUT2D eigenvalue weighted by Crippen LogP contribution is -2.48. The van der Waals surface area contributed by atoms with E-state index in [1.165, 1.54) is 77.0 Å². The van der Waals surface area contributed by atoms with Crippen molar-refractivity contribution in [2.24, 2.45) is 46.3 Å². The second kappa shape index (κ2) is 7.53. The third-order valence-corrected chi connectivity index (χ3v) is 10.2. The summed E-state index contributed by atoms with van der Waals surface area (Å²) in [5.74, 6) is 5.64. The van der Waals surface area contributed by atoms with E-state index in [1.54, 1.807) is 0 Å². The Morgan fingerprint density at radius 3 is 2.44 bits per heavy atom. The summed E-state index contributed by atoms with van der Waals surface area (Å²) < 4.78 is 0. The van der Waals surface area contributed by atoms with Crippen LogP contribution in [0.5, 0.6) is 0 Å². The monoisotopic (exact) mass is 370 g/mol. The molecule has 0 saturated heterocycles. The normalized spacial score (nSPS) is 45.0. The van der Waals surface area contributed by atoms with Crippen LogP contribution in [0.4, 0.5) is 0 Å². The lowest BCUT2D eigenvalue weighted by Gasteiger charge is -2.57. The van der Waals surface area contributed by atoms with Crippen LogP contribution in [0.2, 0.25) is 0 Å². The zero-order valence-electron chi connectivity index (χ0n) is 19.0. The second-order valence-electron chi connectivity index (χ2n) is 12.0. The fourth-order valence-corrected chi connectivity index (χ4v) is 8.57. The highest BCUT2D eigenvalue weighted by molar-refractivity contribution is 5.27. The van der Waals surface area contributed by atoms with Gasteiger partial charge in [-0.15, -0.1) is 0 Å². The molecule has 3 saturated carbocycles. The molecule has 7 unspecified atom stereocenters. The van der Waals surface area contributed by atoms with Gasteiger partial charge < -0.3 is 0 Å². The molecule has 3 fully saturated rings. The van der Waals surface area contributed by atoms with E-state index in [1.807, 2.05) is 5.57 Å². The van der Waals surface area contributed by atoms with Crippen LogP contribution < -0.4 is 0 Å². The molecule has 0 aromatic heterocycles. The Morgan fingerprint density at radius 1 is 0.889 bits per heavy atom. The van der Waals surface area contributed by atoms with E-state index >= 15 is 0 Å². The molecule has 0 aliphatic heterocycles. The minimum absolute atomic E-state index is 0.609. The predicted molar refractivity (Wildman–Crippen MR) is 118 cm³/mol. The Bertz CT molecular complexity index is 556. The Balaban J connectivity index is 1.50. The van der Waals surface area contributed by atoms with Crippen molar-refractivity contribution in [1.29, 1.82) is 0 Å². The smallest absolute Gasteiger partial charge is 0.0143 e. The molecule has 0 radical (unpaired) electrons. The van der Waals surface area contributed by atoms with Gasteiger partial charge in [-0.2, -0.15) is 0 Å². The van der Waals surface area contributed by atoms with E-state index in [0.717, 1.165) is 35.5 Å². The highest BCUT2D eigenvalue weighted by atomic mass is 14.6. The van der Waals surface area contributed by atoms with Gasteiger partial charge in [0.05, 0.1) is 0 Å². The molecule has 27 heavy (non-hydrogen) atoms. The minimum Gasteiger partial charge on any atom is -0.0844 e. The van der Waals surface area contributed by atoms with Gasteiger partial charge in [-0.25, -0.2) is 0 Å². The average molecular weight is 371 g/mol. The van der Waals surface area contributed by atoms with Crippen LogP contribution in [-0.2, 0) is 0 Å². The molecule has 154 valence electrons. The molecule has 0 aromatic rings. The van der Waals surface area contributed by atoms with Crippen LogP contribution in [0.1, 0.15) is 112 Å². The van der Waals surface area contributed by atoms with E-state index in [0.29, 0.717) is 10.8 Å². The van der Waals surface area contributed by atoms with Gasteiger partial charge in [0.15, 0.2) is 0 Å². The van der Waals surface area contributed by atoms with Crippen molar-refractivity contribution in [3.8, 4) is 0 Å². The topological polar surface area (TPSA) is 0 Å². The Morgan fingerprint density at radius 2 is 1.67 bits per heavy atom. The van der Waals surface area contributed by atoms with E-state index in [2.05, 4.69) is 40.7 Å². The van der Waals surface area contributed by atoms with Crippen molar-refractivity contribution in [2.75, 3.05) is 0 Å². The third kappa shape index (κ3) is 3.36. The van der Waals surface area contributed by atoms with Gasteiger partial charge in [-0.05, 0) is 91.3 Å². The van der Waals surface area contributed by atoms with Crippen LogP contribution in [0.15, 0.2) is 11.6 Å². The molecule has 0 bridgehead atoms. The quantitative estimate of drug-likeness (QED) is 0.426. The van der Waals surface area contributed by atoms with Crippen LogP contribution in [-0.4, -0.2) is 0 Å². The summed E-state index contributed by atoms with van der Waals surface area (Å²) in [6.07, 6.45) is 20.6. The molecule has 0 heteroatoms. The van der Waals surface area contributed by atoms with E-state index in [-0.39, 0.29) is 0 Å². The number of allylic oxidation sites excluding steroid dienone is 2. The van der Waals surface area contributed by atoms with Gasteiger partial charge in [0.25, 0.3) is 0 Å². The molecule has 4 aliphatic rings. The molecule has 4 rings (SSSR count). The van der Waals surface area contributed by atoms with Crippen molar-refractivity contribution >= 4 is 0 Å². The fourth-order valence-electron chi connectivity index (χ4n) is 8.57. The number of hydrogen-bond acceptors (Lipinski definition) is 0. The standard InChI is InChI=1S/C27H46/c1-19(2)9-8-10-20(3)23-14-15-24-22-13-12-21-11-6-7-17-26(21,4)25(22)16-18-27(23,24)5/h13,19-21,23-25H,6-12,14-18H2,1-5H3. The first-order valence-corrected chi connectivity index (χ1v) is 12.6. The Kier molecular flexibility index (Phi) is 5.59. The maximum atomic E-state index is 2.79. The number of rotatable bonds is 5. The van der Waals surface area contributed by atoms with Crippen LogP contribution in [0, 0.1) is 46.3 Å². The highest BCUT2D eigenvalue weighted by Gasteiger charge is 2.57. The van der Waals surface area contributed by atoms with Crippen LogP contribution in [0.25, 0.3) is 0 Å². The number of fused-ring (bicyclic) bond motifs is 5. The molecule has 0 N–H and O–H groups in total. The first kappa shape index (κ1) is 20.0. The third-order valence-electron chi connectivity index (χ3n) is 10.2. The zero-order valence-corrected chi connectivity index (χ0v) is 19.0. The molecule has 4 aliphatic carbocycles. The minimum atomic E-state index is 0.609. The van der Waals surface area contributed by atoms with Crippen molar-refractivity contribution in [2.45, 2.75) is 112 Å². The average Bonchev–Trinajstić information content (AvgIpc) is 2.98. The summed E-state index contributed by atoms with van der Waals surface area (Å²) in [4.78, 5) is 0. The van der Waals surface area contributed by atoms with Crippen LogP contribution >= 0.6 is 0 Å². The molecule has 0 spiro atoms. The maximum absolute atomic E-state index is 2.79. The van der Waals surface area contributed by atoms with E-state index in [4.69, 9.17) is 0 Å². The van der Waals surface area contributed by atoms with Gasteiger partial charge in [-0.1, -0.05) is 78.4 Å². The zero-order chi connectivity index (χ0) is 19.2. The Hall–Kier alpha value is -0.260. The van der Waals surface area contributed by atoms with Crippen molar-refractivity contribution < 1.29 is 0 Å². The first-order chi connectivity index (χ1) is 12.9. The van der Waals surface area contributed by atoms with Gasteiger partial charge in [-0.3, -0.25) is 0 Å². The SMILES string of the molecule is CC(C)CCCC(C)C1CCC2C3=CCC4CCCCC4(C)C3CCC21C. The predicted octanol–water partition coefficient (Wildman–Crippen LogP) is 8.42. The van der Waals surface area contributed by atoms with Gasteiger partial charge >= 0.3 is 0 Å². The van der Waals surface area contributed by atoms with Gasteiger partial charge in [0.1, 0.15) is 0 Å². The first-order valence-electron chi connectivity index (χ1n) is 12.6. The largest absolute Gasteiger partial charge is 0.0844 e.